The molecule has 3 rings (SSSR count). The maximum Gasteiger partial charge on any atom is 0.228 e. The number of nitrogen functional groups attached to an aromatic ring is 1. The Hall–Kier alpha value is -1.96. The minimum absolute atomic E-state index is 0.224. The summed E-state index contributed by atoms with van der Waals surface area (Å²) in [5.74, 6) is 1.37. The van der Waals surface area contributed by atoms with Crippen molar-refractivity contribution in [2.45, 2.75) is 13.1 Å². The normalized spacial score (nSPS) is 15.5. The molecule has 1 aromatic carbocycles. The average Bonchev–Trinajstić information content (AvgIpc) is 2.55. The van der Waals surface area contributed by atoms with Crippen molar-refractivity contribution in [1.29, 1.82) is 0 Å². The lowest BCUT2D eigenvalue weighted by atomic mass is 10.2. The quantitative estimate of drug-likeness (QED) is 0.857. The van der Waals surface area contributed by atoms with E-state index in [1.54, 1.807) is 0 Å². The van der Waals surface area contributed by atoms with Crippen LogP contribution in [0.5, 0.6) is 0 Å². The van der Waals surface area contributed by atoms with Gasteiger partial charge in [-0.15, -0.1) is 0 Å². The van der Waals surface area contributed by atoms with Crippen LogP contribution in [-0.2, 0) is 17.8 Å². The molecule has 7 nitrogen and oxygen atoms in total. The Morgan fingerprint density at radius 1 is 1.13 bits per heavy atom. The molecule has 1 saturated heterocycles. The van der Waals surface area contributed by atoms with Crippen LogP contribution in [0.1, 0.15) is 11.4 Å². The monoisotopic (exact) mass is 334 g/mol. The third-order valence-electron chi connectivity index (χ3n) is 3.53. The first-order valence-electron chi connectivity index (χ1n) is 7.48. The van der Waals surface area contributed by atoms with E-state index in [1.807, 2.05) is 24.3 Å². The maximum absolute atomic E-state index is 5.88. The Labute approximate surface area is 139 Å². The van der Waals surface area contributed by atoms with E-state index < -0.39 is 0 Å². The van der Waals surface area contributed by atoms with Gasteiger partial charge in [0.15, 0.2) is 0 Å². The Morgan fingerprint density at radius 2 is 1.87 bits per heavy atom. The van der Waals surface area contributed by atoms with Gasteiger partial charge in [0.25, 0.3) is 0 Å². The third kappa shape index (κ3) is 4.75. The second kappa shape index (κ2) is 7.54. The van der Waals surface area contributed by atoms with Crippen LogP contribution < -0.4 is 11.1 Å². The third-order valence-corrected chi connectivity index (χ3v) is 3.78. The zero-order valence-electron chi connectivity index (χ0n) is 12.7. The molecule has 122 valence electrons. The highest BCUT2D eigenvalue weighted by molar-refractivity contribution is 6.30. The Morgan fingerprint density at radius 3 is 2.61 bits per heavy atom. The summed E-state index contributed by atoms with van der Waals surface area (Å²) in [6.07, 6.45) is 0. The van der Waals surface area contributed by atoms with Gasteiger partial charge >= 0.3 is 0 Å². The highest BCUT2D eigenvalue weighted by Crippen LogP contribution is 2.12. The molecule has 1 aliphatic rings. The van der Waals surface area contributed by atoms with E-state index >= 15 is 0 Å². The molecule has 3 N–H and O–H groups in total. The molecular weight excluding hydrogens is 316 g/mol. The van der Waals surface area contributed by atoms with Crippen molar-refractivity contribution in [2.75, 3.05) is 37.4 Å². The van der Waals surface area contributed by atoms with E-state index in [0.29, 0.717) is 29.9 Å². The van der Waals surface area contributed by atoms with E-state index in [0.717, 1.165) is 31.9 Å². The number of morpholine rings is 1. The van der Waals surface area contributed by atoms with E-state index in [9.17, 15) is 0 Å². The molecule has 0 saturated carbocycles. The molecule has 1 aromatic heterocycles. The van der Waals surface area contributed by atoms with E-state index in [4.69, 9.17) is 22.1 Å². The van der Waals surface area contributed by atoms with Crippen molar-refractivity contribution >= 4 is 23.5 Å². The summed E-state index contributed by atoms with van der Waals surface area (Å²) in [7, 11) is 0. The van der Waals surface area contributed by atoms with Gasteiger partial charge in [-0.05, 0) is 17.7 Å². The second-order valence-electron chi connectivity index (χ2n) is 5.30. The summed E-state index contributed by atoms with van der Waals surface area (Å²) in [5.41, 5.74) is 6.88. The van der Waals surface area contributed by atoms with Crippen molar-refractivity contribution in [1.82, 2.24) is 19.9 Å². The molecule has 2 heterocycles. The zero-order valence-corrected chi connectivity index (χ0v) is 13.5. The number of rotatable bonds is 5. The van der Waals surface area contributed by atoms with Crippen LogP contribution in [0.3, 0.4) is 0 Å². The fourth-order valence-corrected chi connectivity index (χ4v) is 2.46. The summed E-state index contributed by atoms with van der Waals surface area (Å²) in [6.45, 7) is 4.46. The molecule has 1 aliphatic heterocycles. The van der Waals surface area contributed by atoms with Crippen molar-refractivity contribution in [3.8, 4) is 0 Å². The van der Waals surface area contributed by atoms with E-state index in [1.165, 1.54) is 0 Å². The topological polar surface area (TPSA) is 89.2 Å². The summed E-state index contributed by atoms with van der Waals surface area (Å²) in [6, 6.07) is 7.61. The van der Waals surface area contributed by atoms with Crippen molar-refractivity contribution in [3.63, 3.8) is 0 Å². The predicted molar refractivity (Wildman–Crippen MR) is 89.1 cm³/mol. The number of hydrogen-bond acceptors (Lipinski definition) is 7. The van der Waals surface area contributed by atoms with Gasteiger partial charge in [0.2, 0.25) is 11.9 Å². The number of nitrogens with one attached hydrogen (secondary N) is 1. The number of aromatic nitrogens is 3. The number of ether oxygens (including phenoxy) is 1. The first-order chi connectivity index (χ1) is 11.2. The highest BCUT2D eigenvalue weighted by Gasteiger charge is 2.13. The van der Waals surface area contributed by atoms with Crippen LogP contribution in [0.15, 0.2) is 24.3 Å². The minimum Gasteiger partial charge on any atom is -0.379 e. The van der Waals surface area contributed by atoms with Gasteiger partial charge in [-0.1, -0.05) is 23.7 Å². The fourth-order valence-electron chi connectivity index (χ4n) is 2.33. The Bertz CT molecular complexity index is 645. The largest absolute Gasteiger partial charge is 0.379 e. The lowest BCUT2D eigenvalue weighted by molar-refractivity contribution is 0.0331. The second-order valence-corrected chi connectivity index (χ2v) is 5.74. The van der Waals surface area contributed by atoms with Crippen molar-refractivity contribution < 1.29 is 4.74 Å². The molecule has 1 fully saturated rings. The Balaban J connectivity index is 1.63. The smallest absolute Gasteiger partial charge is 0.228 e. The summed E-state index contributed by atoms with van der Waals surface area (Å²) < 4.78 is 5.34. The first-order valence-corrected chi connectivity index (χ1v) is 7.86. The van der Waals surface area contributed by atoms with Gasteiger partial charge in [-0.3, -0.25) is 4.90 Å². The molecule has 0 aliphatic carbocycles. The summed E-state index contributed by atoms with van der Waals surface area (Å²) >= 11 is 5.88. The zero-order chi connectivity index (χ0) is 16.1. The van der Waals surface area contributed by atoms with Crippen LogP contribution in [-0.4, -0.2) is 46.2 Å². The van der Waals surface area contributed by atoms with Crippen LogP contribution in [0.4, 0.5) is 11.9 Å². The SMILES string of the molecule is Nc1nc(CN2CCOCC2)nc(NCc2ccc(Cl)cc2)n1. The molecule has 0 unspecified atom stereocenters. The van der Waals surface area contributed by atoms with E-state index in [-0.39, 0.29) is 5.95 Å². The number of halogens is 1. The molecular formula is C15H19ClN6O. The lowest BCUT2D eigenvalue weighted by Gasteiger charge is -2.25. The average molecular weight is 335 g/mol. The molecule has 0 radical (unpaired) electrons. The summed E-state index contributed by atoms with van der Waals surface area (Å²) in [5, 5.41) is 3.88. The van der Waals surface area contributed by atoms with Crippen LogP contribution in [0.25, 0.3) is 0 Å². The standard InChI is InChI=1S/C15H19ClN6O/c16-12-3-1-11(2-4-12)9-18-15-20-13(19-14(17)21-15)10-22-5-7-23-8-6-22/h1-4H,5-10H2,(H3,17,18,19,20,21). The van der Waals surface area contributed by atoms with Crippen LogP contribution in [0.2, 0.25) is 5.02 Å². The molecule has 0 spiro atoms. The fraction of sp³-hybridized carbons (Fsp3) is 0.400. The maximum atomic E-state index is 5.88. The number of nitrogens with two attached hydrogens (primary N) is 1. The Kier molecular flexibility index (Phi) is 5.22. The molecule has 8 heteroatoms. The van der Waals surface area contributed by atoms with Gasteiger partial charge in [-0.25, -0.2) is 0 Å². The number of anilines is 2. The van der Waals surface area contributed by atoms with Crippen molar-refractivity contribution in [2.24, 2.45) is 0 Å². The van der Waals surface area contributed by atoms with Gasteiger partial charge in [0, 0.05) is 24.7 Å². The van der Waals surface area contributed by atoms with Crippen LogP contribution >= 0.6 is 11.6 Å². The van der Waals surface area contributed by atoms with Gasteiger partial charge < -0.3 is 15.8 Å². The van der Waals surface area contributed by atoms with Gasteiger partial charge in [0.05, 0.1) is 19.8 Å². The van der Waals surface area contributed by atoms with E-state index in [2.05, 4.69) is 25.2 Å². The highest BCUT2D eigenvalue weighted by atomic mass is 35.5. The van der Waals surface area contributed by atoms with Crippen LogP contribution in [0, 0.1) is 0 Å². The predicted octanol–water partition coefficient (Wildman–Crippen LogP) is 1.55. The molecule has 23 heavy (non-hydrogen) atoms. The number of benzene rings is 1. The molecule has 2 aromatic rings. The van der Waals surface area contributed by atoms with Gasteiger partial charge in [0.1, 0.15) is 5.82 Å². The molecule has 0 bridgehead atoms. The van der Waals surface area contributed by atoms with Gasteiger partial charge in [-0.2, -0.15) is 15.0 Å². The number of nitrogens with zero attached hydrogens (tertiary/aromatic N) is 4. The minimum atomic E-state index is 0.224. The van der Waals surface area contributed by atoms with Crippen molar-refractivity contribution in [3.05, 3.63) is 40.7 Å². The molecule has 0 atom stereocenters. The summed E-state index contributed by atoms with van der Waals surface area (Å²) in [4.78, 5) is 15.0. The lowest BCUT2D eigenvalue weighted by Crippen LogP contribution is -2.36. The molecule has 0 amide bonds. The first kappa shape index (κ1) is 15.9. The number of hydrogen-bond donors (Lipinski definition) is 2.